The van der Waals surface area contributed by atoms with Crippen molar-refractivity contribution in [2.24, 2.45) is 0 Å². The van der Waals surface area contributed by atoms with E-state index in [0.717, 1.165) is 43.3 Å². The van der Waals surface area contributed by atoms with Crippen LogP contribution in [-0.4, -0.2) is 63.2 Å². The van der Waals surface area contributed by atoms with Crippen LogP contribution < -0.4 is 15.0 Å². The molecule has 1 saturated heterocycles. The van der Waals surface area contributed by atoms with Gasteiger partial charge in [0.1, 0.15) is 5.75 Å². The third-order valence-corrected chi connectivity index (χ3v) is 5.00. The molecule has 1 fully saturated rings. The van der Waals surface area contributed by atoms with Gasteiger partial charge in [-0.05, 0) is 42.8 Å². The SMILES string of the molecule is Cc1ccccc1OCCC(=O)N(C)CC(=O)Nc1ccc(N2CCOCC2)cc1. The Morgan fingerprint density at radius 2 is 1.80 bits per heavy atom. The molecule has 0 atom stereocenters. The van der Waals surface area contributed by atoms with Crippen molar-refractivity contribution in [3.8, 4) is 5.75 Å². The van der Waals surface area contributed by atoms with E-state index in [9.17, 15) is 9.59 Å². The van der Waals surface area contributed by atoms with E-state index in [2.05, 4.69) is 10.2 Å². The Morgan fingerprint density at radius 1 is 1.10 bits per heavy atom. The smallest absolute Gasteiger partial charge is 0.243 e. The zero-order chi connectivity index (χ0) is 21.3. The van der Waals surface area contributed by atoms with Crippen LogP contribution >= 0.6 is 0 Å². The molecule has 7 heteroatoms. The number of anilines is 2. The van der Waals surface area contributed by atoms with E-state index in [-0.39, 0.29) is 31.4 Å². The molecule has 1 heterocycles. The summed E-state index contributed by atoms with van der Waals surface area (Å²) in [4.78, 5) is 28.2. The summed E-state index contributed by atoms with van der Waals surface area (Å²) >= 11 is 0. The topological polar surface area (TPSA) is 71.1 Å². The lowest BCUT2D eigenvalue weighted by atomic mass is 10.2. The lowest BCUT2D eigenvalue weighted by molar-refractivity contribution is -0.133. The number of carbonyl (C=O) groups is 2. The number of morpholine rings is 1. The average molecular weight is 412 g/mol. The number of carbonyl (C=O) groups excluding carboxylic acids is 2. The first-order chi connectivity index (χ1) is 14.5. The summed E-state index contributed by atoms with van der Waals surface area (Å²) in [5.41, 5.74) is 2.84. The zero-order valence-electron chi connectivity index (χ0n) is 17.6. The van der Waals surface area contributed by atoms with Gasteiger partial charge in [0, 0.05) is 31.5 Å². The molecule has 1 aliphatic rings. The molecule has 0 radical (unpaired) electrons. The van der Waals surface area contributed by atoms with Gasteiger partial charge >= 0.3 is 0 Å². The van der Waals surface area contributed by atoms with Crippen molar-refractivity contribution >= 4 is 23.2 Å². The molecule has 1 aliphatic heterocycles. The van der Waals surface area contributed by atoms with Crippen LogP contribution in [0.1, 0.15) is 12.0 Å². The molecule has 3 rings (SSSR count). The maximum absolute atomic E-state index is 12.3. The molecule has 30 heavy (non-hydrogen) atoms. The fraction of sp³-hybridized carbons (Fsp3) is 0.391. The number of nitrogens with zero attached hydrogens (tertiary/aromatic N) is 2. The molecular weight excluding hydrogens is 382 g/mol. The van der Waals surface area contributed by atoms with Crippen LogP contribution in [0.5, 0.6) is 5.75 Å². The van der Waals surface area contributed by atoms with Crippen molar-refractivity contribution in [1.82, 2.24) is 4.90 Å². The molecule has 0 aliphatic carbocycles. The summed E-state index contributed by atoms with van der Waals surface area (Å²) in [5, 5.41) is 2.84. The van der Waals surface area contributed by atoms with Gasteiger partial charge in [-0.25, -0.2) is 0 Å². The van der Waals surface area contributed by atoms with Crippen molar-refractivity contribution < 1.29 is 19.1 Å². The van der Waals surface area contributed by atoms with Crippen LogP contribution in [0.3, 0.4) is 0 Å². The van der Waals surface area contributed by atoms with Gasteiger partial charge in [-0.2, -0.15) is 0 Å². The van der Waals surface area contributed by atoms with E-state index in [1.165, 1.54) is 4.90 Å². The molecule has 0 spiro atoms. The minimum atomic E-state index is -0.232. The Hall–Kier alpha value is -3.06. The normalized spacial score (nSPS) is 13.6. The van der Waals surface area contributed by atoms with Crippen LogP contribution in [0, 0.1) is 6.92 Å². The van der Waals surface area contributed by atoms with Crippen LogP contribution in [0.4, 0.5) is 11.4 Å². The number of rotatable bonds is 8. The largest absolute Gasteiger partial charge is 0.493 e. The maximum Gasteiger partial charge on any atom is 0.243 e. The maximum atomic E-state index is 12.3. The molecule has 0 saturated carbocycles. The lowest BCUT2D eigenvalue weighted by Gasteiger charge is -2.28. The second-order valence-electron chi connectivity index (χ2n) is 7.31. The first kappa shape index (κ1) is 21.6. The second kappa shape index (κ2) is 10.6. The number of aryl methyl sites for hydroxylation is 1. The monoisotopic (exact) mass is 411 g/mol. The minimum absolute atomic E-state index is 0.00554. The highest BCUT2D eigenvalue weighted by Crippen LogP contribution is 2.19. The van der Waals surface area contributed by atoms with Gasteiger partial charge < -0.3 is 24.6 Å². The Balaban J connectivity index is 1.41. The molecular formula is C23H29N3O4. The number of benzene rings is 2. The second-order valence-corrected chi connectivity index (χ2v) is 7.31. The summed E-state index contributed by atoms with van der Waals surface area (Å²) < 4.78 is 11.0. The average Bonchev–Trinajstić information content (AvgIpc) is 2.76. The van der Waals surface area contributed by atoms with Gasteiger partial charge in [-0.3, -0.25) is 9.59 Å². The van der Waals surface area contributed by atoms with Gasteiger partial charge in [-0.15, -0.1) is 0 Å². The number of likely N-dealkylation sites (N-methyl/N-ethyl adjacent to an activating group) is 1. The van der Waals surface area contributed by atoms with Crippen LogP contribution in [-0.2, 0) is 14.3 Å². The number of ether oxygens (including phenoxy) is 2. The molecule has 0 aromatic heterocycles. The van der Waals surface area contributed by atoms with E-state index in [1.54, 1.807) is 7.05 Å². The molecule has 0 bridgehead atoms. The molecule has 0 unspecified atom stereocenters. The minimum Gasteiger partial charge on any atom is -0.493 e. The van der Waals surface area contributed by atoms with Crippen molar-refractivity contribution in [2.75, 3.05) is 56.7 Å². The van der Waals surface area contributed by atoms with Gasteiger partial charge in [-0.1, -0.05) is 18.2 Å². The van der Waals surface area contributed by atoms with Gasteiger partial charge in [0.05, 0.1) is 32.8 Å². The summed E-state index contributed by atoms with van der Waals surface area (Å²) in [5.74, 6) is 0.400. The molecule has 2 aromatic rings. The summed E-state index contributed by atoms with van der Waals surface area (Å²) in [6.45, 7) is 5.43. The summed E-state index contributed by atoms with van der Waals surface area (Å²) in [7, 11) is 1.62. The first-order valence-corrected chi connectivity index (χ1v) is 10.2. The number of hydrogen-bond donors (Lipinski definition) is 1. The van der Waals surface area contributed by atoms with Crippen molar-refractivity contribution in [3.63, 3.8) is 0 Å². The van der Waals surface area contributed by atoms with Crippen LogP contribution in [0.15, 0.2) is 48.5 Å². The van der Waals surface area contributed by atoms with Gasteiger partial charge in [0.25, 0.3) is 0 Å². The fourth-order valence-corrected chi connectivity index (χ4v) is 3.24. The summed E-state index contributed by atoms with van der Waals surface area (Å²) in [6, 6.07) is 15.4. The predicted octanol–water partition coefficient (Wildman–Crippen LogP) is 2.70. The quantitative estimate of drug-likeness (QED) is 0.723. The Labute approximate surface area is 177 Å². The molecule has 160 valence electrons. The Kier molecular flexibility index (Phi) is 7.68. The molecule has 7 nitrogen and oxygen atoms in total. The standard InChI is InChI=1S/C23H29N3O4/c1-18-5-3-4-6-21(18)30-14-11-23(28)25(2)17-22(27)24-19-7-9-20(10-8-19)26-12-15-29-16-13-26/h3-10H,11-17H2,1-2H3,(H,24,27). The number of para-hydroxylation sites is 1. The van der Waals surface area contributed by atoms with E-state index < -0.39 is 0 Å². The molecule has 1 N–H and O–H groups in total. The van der Waals surface area contributed by atoms with Crippen molar-refractivity contribution in [2.45, 2.75) is 13.3 Å². The van der Waals surface area contributed by atoms with E-state index in [0.29, 0.717) is 5.69 Å². The number of amides is 2. The van der Waals surface area contributed by atoms with Crippen molar-refractivity contribution in [1.29, 1.82) is 0 Å². The van der Waals surface area contributed by atoms with Crippen LogP contribution in [0.2, 0.25) is 0 Å². The summed E-state index contributed by atoms with van der Waals surface area (Å²) in [6.07, 6.45) is 0.215. The van der Waals surface area contributed by atoms with Crippen LogP contribution in [0.25, 0.3) is 0 Å². The van der Waals surface area contributed by atoms with E-state index >= 15 is 0 Å². The Bertz CT molecular complexity index is 848. The third kappa shape index (κ3) is 6.22. The predicted molar refractivity (Wildman–Crippen MR) is 117 cm³/mol. The van der Waals surface area contributed by atoms with Gasteiger partial charge in [0.2, 0.25) is 11.8 Å². The highest BCUT2D eigenvalue weighted by Gasteiger charge is 2.14. The van der Waals surface area contributed by atoms with Gasteiger partial charge in [0.15, 0.2) is 0 Å². The third-order valence-electron chi connectivity index (χ3n) is 5.00. The number of hydrogen-bond acceptors (Lipinski definition) is 5. The zero-order valence-corrected chi connectivity index (χ0v) is 17.6. The van der Waals surface area contributed by atoms with E-state index in [1.807, 2.05) is 55.5 Å². The lowest BCUT2D eigenvalue weighted by Crippen LogP contribution is -2.36. The highest BCUT2D eigenvalue weighted by molar-refractivity contribution is 5.94. The van der Waals surface area contributed by atoms with Crippen molar-refractivity contribution in [3.05, 3.63) is 54.1 Å². The first-order valence-electron chi connectivity index (χ1n) is 10.2. The van der Waals surface area contributed by atoms with E-state index in [4.69, 9.17) is 9.47 Å². The fourth-order valence-electron chi connectivity index (χ4n) is 3.24. The number of nitrogens with one attached hydrogen (secondary N) is 1. The molecule has 2 amide bonds. The Morgan fingerprint density at radius 3 is 2.50 bits per heavy atom. The highest BCUT2D eigenvalue weighted by atomic mass is 16.5. The molecule has 2 aromatic carbocycles.